The van der Waals surface area contributed by atoms with Crippen molar-refractivity contribution in [3.05, 3.63) is 163 Å². The first-order valence-corrected chi connectivity index (χ1v) is 19.3. The average Bonchev–Trinajstić information content (AvgIpc) is 3.71. The Morgan fingerprint density at radius 3 is 1.94 bits per heavy atom. The Kier molecular flexibility index (Phi) is 5.98. The zero-order valence-corrected chi connectivity index (χ0v) is 29.1. The summed E-state index contributed by atoms with van der Waals surface area (Å²) in [4.78, 5) is 2.46. The minimum Gasteiger partial charge on any atom is -0.455 e. The Bertz CT molecular complexity index is 2690. The number of hydrogen-bond donors (Lipinski definition) is 0. The van der Waals surface area contributed by atoms with E-state index in [-0.39, 0.29) is 5.41 Å². The number of rotatable bonds is 4. The molecule has 0 aliphatic heterocycles. The van der Waals surface area contributed by atoms with E-state index in [4.69, 9.17) is 4.42 Å². The second-order valence-electron chi connectivity index (χ2n) is 16.1. The fraction of sp³-hybridized carbons (Fsp3) is 0.200. The molecule has 5 aliphatic carbocycles. The lowest BCUT2D eigenvalue weighted by Gasteiger charge is -2.61. The molecule has 5 aliphatic rings. The zero-order valence-electron chi connectivity index (χ0n) is 29.1. The molecule has 0 unspecified atom stereocenters. The van der Waals surface area contributed by atoms with E-state index in [9.17, 15) is 0 Å². The van der Waals surface area contributed by atoms with E-state index in [0.717, 1.165) is 62.4 Å². The molecular formula is C50H39NO. The second-order valence-corrected chi connectivity index (χ2v) is 16.1. The van der Waals surface area contributed by atoms with Crippen LogP contribution >= 0.6 is 0 Å². The number of benzene rings is 7. The summed E-state index contributed by atoms with van der Waals surface area (Å²) in [5.41, 5.74) is 13.9. The van der Waals surface area contributed by atoms with Gasteiger partial charge in [0.2, 0.25) is 0 Å². The molecule has 2 heteroatoms. The van der Waals surface area contributed by atoms with Gasteiger partial charge in [-0.05, 0) is 137 Å². The van der Waals surface area contributed by atoms with Gasteiger partial charge in [0.15, 0.2) is 0 Å². The highest BCUT2D eigenvalue weighted by molar-refractivity contribution is 6.09. The Morgan fingerprint density at radius 1 is 0.462 bits per heavy atom. The van der Waals surface area contributed by atoms with Crippen LogP contribution in [0.15, 0.2) is 156 Å². The molecule has 0 saturated heterocycles. The molecule has 52 heavy (non-hydrogen) atoms. The maximum atomic E-state index is 6.44. The van der Waals surface area contributed by atoms with Crippen molar-refractivity contribution >= 4 is 49.8 Å². The summed E-state index contributed by atoms with van der Waals surface area (Å²) in [6.45, 7) is 0. The van der Waals surface area contributed by atoms with Crippen LogP contribution in [-0.2, 0) is 5.41 Å². The Hall–Kier alpha value is -5.60. The van der Waals surface area contributed by atoms with Gasteiger partial charge in [0, 0.05) is 38.8 Å². The molecule has 4 bridgehead atoms. The Balaban J connectivity index is 1.02. The summed E-state index contributed by atoms with van der Waals surface area (Å²) >= 11 is 0. The highest BCUT2D eigenvalue weighted by atomic mass is 16.3. The lowest BCUT2D eigenvalue weighted by Crippen LogP contribution is -2.55. The van der Waals surface area contributed by atoms with Crippen LogP contribution in [0, 0.1) is 23.7 Å². The fourth-order valence-corrected chi connectivity index (χ4v) is 11.8. The van der Waals surface area contributed by atoms with Crippen LogP contribution in [0.2, 0.25) is 0 Å². The van der Waals surface area contributed by atoms with Gasteiger partial charge < -0.3 is 9.32 Å². The monoisotopic (exact) mass is 669 g/mol. The van der Waals surface area contributed by atoms with Gasteiger partial charge >= 0.3 is 0 Å². The van der Waals surface area contributed by atoms with Crippen LogP contribution in [0.25, 0.3) is 55.0 Å². The largest absolute Gasteiger partial charge is 0.455 e. The van der Waals surface area contributed by atoms with Gasteiger partial charge in [-0.3, -0.25) is 0 Å². The lowest BCUT2D eigenvalue weighted by atomic mass is 9.43. The number of anilines is 3. The van der Waals surface area contributed by atoms with Crippen molar-refractivity contribution in [2.24, 2.45) is 23.7 Å². The molecule has 0 atom stereocenters. The predicted octanol–water partition coefficient (Wildman–Crippen LogP) is 13.6. The quantitative estimate of drug-likeness (QED) is 0.185. The van der Waals surface area contributed by atoms with Crippen LogP contribution < -0.4 is 4.90 Å². The molecule has 250 valence electrons. The van der Waals surface area contributed by atoms with Gasteiger partial charge in [-0.2, -0.15) is 0 Å². The minimum atomic E-state index is 0.172. The first kappa shape index (κ1) is 29.0. The Morgan fingerprint density at radius 2 is 1.10 bits per heavy atom. The number of furan rings is 1. The summed E-state index contributed by atoms with van der Waals surface area (Å²) in [5.74, 6) is 3.40. The molecule has 0 radical (unpaired) electrons. The molecule has 1 heterocycles. The number of fused-ring (bicyclic) bond motifs is 7. The molecule has 0 N–H and O–H groups in total. The first-order valence-electron chi connectivity index (χ1n) is 19.3. The third-order valence-electron chi connectivity index (χ3n) is 13.6. The summed E-state index contributed by atoms with van der Waals surface area (Å²) < 4.78 is 6.44. The normalized spacial score (nSPS) is 23.8. The van der Waals surface area contributed by atoms with Gasteiger partial charge in [-0.15, -0.1) is 0 Å². The van der Waals surface area contributed by atoms with Crippen molar-refractivity contribution in [2.75, 3.05) is 4.90 Å². The summed E-state index contributed by atoms with van der Waals surface area (Å²) in [5, 5.41) is 4.82. The molecule has 1 spiro atoms. The van der Waals surface area contributed by atoms with E-state index >= 15 is 0 Å². The molecule has 4 fully saturated rings. The highest BCUT2D eigenvalue weighted by Gasteiger charge is 2.61. The van der Waals surface area contributed by atoms with E-state index in [2.05, 4.69) is 150 Å². The second kappa shape index (κ2) is 10.7. The molecule has 1 aromatic heterocycles. The fourth-order valence-electron chi connectivity index (χ4n) is 11.8. The standard InChI is InChI=1S/C50H39NO/c1-2-9-35-29-39(21-16-33(35)8-1)51(38-19-17-34(18-20-38)41-12-7-13-44-43-11-4-6-15-48(43)52-49(41)44)40-22-23-47-45(30-40)42-10-3-5-14-46(42)50(47)36-25-31-24-32(27-36)28-37(50)26-31/h1-23,29-32,36-37H,24-28H2. The summed E-state index contributed by atoms with van der Waals surface area (Å²) in [7, 11) is 0. The van der Waals surface area contributed by atoms with Crippen LogP contribution in [0.3, 0.4) is 0 Å². The van der Waals surface area contributed by atoms with Gasteiger partial charge in [0.05, 0.1) is 0 Å². The van der Waals surface area contributed by atoms with Crippen LogP contribution in [-0.4, -0.2) is 0 Å². The van der Waals surface area contributed by atoms with E-state index in [1.165, 1.54) is 65.4 Å². The predicted molar refractivity (Wildman–Crippen MR) is 215 cm³/mol. The van der Waals surface area contributed by atoms with Gasteiger partial charge in [0.1, 0.15) is 11.2 Å². The zero-order chi connectivity index (χ0) is 34.0. The van der Waals surface area contributed by atoms with Crippen LogP contribution in [0.4, 0.5) is 17.1 Å². The number of para-hydroxylation sites is 2. The Labute approximate surface area is 304 Å². The van der Waals surface area contributed by atoms with Crippen molar-refractivity contribution in [3.63, 3.8) is 0 Å². The maximum absolute atomic E-state index is 6.44. The smallest absolute Gasteiger partial charge is 0.143 e. The van der Waals surface area contributed by atoms with Gasteiger partial charge in [0.25, 0.3) is 0 Å². The van der Waals surface area contributed by atoms with Crippen molar-refractivity contribution in [3.8, 4) is 22.3 Å². The van der Waals surface area contributed by atoms with E-state index in [1.54, 1.807) is 11.1 Å². The van der Waals surface area contributed by atoms with Crippen LogP contribution in [0.5, 0.6) is 0 Å². The first-order chi connectivity index (χ1) is 25.7. The number of hydrogen-bond acceptors (Lipinski definition) is 2. The third-order valence-corrected chi connectivity index (χ3v) is 13.6. The van der Waals surface area contributed by atoms with E-state index < -0.39 is 0 Å². The molecular weight excluding hydrogens is 631 g/mol. The van der Waals surface area contributed by atoms with Gasteiger partial charge in [-0.1, -0.05) is 109 Å². The maximum Gasteiger partial charge on any atom is 0.143 e. The molecule has 7 aromatic carbocycles. The van der Waals surface area contributed by atoms with E-state index in [1.807, 2.05) is 6.07 Å². The van der Waals surface area contributed by atoms with Crippen molar-refractivity contribution in [1.82, 2.24) is 0 Å². The summed E-state index contributed by atoms with van der Waals surface area (Å²) in [6, 6.07) is 56.4. The minimum absolute atomic E-state index is 0.172. The van der Waals surface area contributed by atoms with Crippen LogP contribution in [0.1, 0.15) is 43.2 Å². The van der Waals surface area contributed by atoms with Crippen molar-refractivity contribution in [2.45, 2.75) is 37.5 Å². The molecule has 8 aromatic rings. The third kappa shape index (κ3) is 3.96. The van der Waals surface area contributed by atoms with E-state index in [0.29, 0.717) is 0 Å². The molecule has 13 rings (SSSR count). The SMILES string of the molecule is c1ccc2c(c1)-c1cc(N(c3ccc(-c4cccc5c4oc4ccccc45)cc3)c3ccc4ccccc4c3)ccc1C21C2CC3CC(C2)CC1C3. The molecule has 2 nitrogen and oxygen atoms in total. The molecule has 4 saturated carbocycles. The summed E-state index contributed by atoms with van der Waals surface area (Å²) in [6.07, 6.45) is 7.09. The van der Waals surface area contributed by atoms with Crippen molar-refractivity contribution < 1.29 is 4.42 Å². The van der Waals surface area contributed by atoms with Crippen molar-refractivity contribution in [1.29, 1.82) is 0 Å². The molecule has 0 amide bonds. The lowest BCUT2D eigenvalue weighted by molar-refractivity contribution is -0.0399. The average molecular weight is 670 g/mol. The topological polar surface area (TPSA) is 16.4 Å². The van der Waals surface area contributed by atoms with Gasteiger partial charge in [-0.25, -0.2) is 0 Å². The number of nitrogens with zero attached hydrogens (tertiary/aromatic N) is 1. The highest BCUT2D eigenvalue weighted by Crippen LogP contribution is 2.69.